The molecule has 0 aromatic carbocycles. The van der Waals surface area contributed by atoms with Crippen LogP contribution in [0.4, 0.5) is 4.79 Å². The lowest BCUT2D eigenvalue weighted by atomic mass is 10.2. The molecular weight excluding hydrogens is 260 g/mol. The lowest BCUT2D eigenvalue weighted by Gasteiger charge is -2.19. The maximum Gasteiger partial charge on any atom is 0.407 e. The van der Waals surface area contributed by atoms with E-state index in [1.54, 1.807) is 11.3 Å². The van der Waals surface area contributed by atoms with E-state index < -0.39 is 5.60 Å². The van der Waals surface area contributed by atoms with Crippen molar-refractivity contribution in [1.82, 2.24) is 10.6 Å². The van der Waals surface area contributed by atoms with E-state index in [-0.39, 0.29) is 6.09 Å². The third-order valence-electron chi connectivity index (χ3n) is 2.33. The van der Waals surface area contributed by atoms with Gasteiger partial charge < -0.3 is 15.4 Å². The highest BCUT2D eigenvalue weighted by molar-refractivity contribution is 7.10. The van der Waals surface area contributed by atoms with Gasteiger partial charge in [0.15, 0.2) is 0 Å². The van der Waals surface area contributed by atoms with Crippen LogP contribution in [-0.2, 0) is 17.8 Å². The number of rotatable bonds is 5. The summed E-state index contributed by atoms with van der Waals surface area (Å²) in [7, 11) is 0. The number of carbonyl (C=O) groups is 1. The molecule has 0 aliphatic heterocycles. The predicted octanol–water partition coefficient (Wildman–Crippen LogP) is 3.27. The lowest BCUT2D eigenvalue weighted by Crippen LogP contribution is -2.32. The van der Waals surface area contributed by atoms with Crippen LogP contribution < -0.4 is 10.6 Å². The van der Waals surface area contributed by atoms with Crippen molar-refractivity contribution < 1.29 is 9.53 Å². The maximum atomic E-state index is 11.6. The topological polar surface area (TPSA) is 50.4 Å². The number of carbonyl (C=O) groups excluding carboxylic acids is 1. The Balaban J connectivity index is 2.45. The highest BCUT2D eigenvalue weighted by Crippen LogP contribution is 2.17. The second kappa shape index (κ2) is 6.91. The van der Waals surface area contributed by atoms with Crippen LogP contribution in [0.1, 0.15) is 45.1 Å². The fourth-order valence-corrected chi connectivity index (χ4v) is 2.31. The molecule has 0 aliphatic rings. The Morgan fingerprint density at radius 2 is 2.05 bits per heavy atom. The summed E-state index contributed by atoms with van der Waals surface area (Å²) in [6, 6.07) is 2.49. The van der Waals surface area contributed by atoms with Crippen molar-refractivity contribution in [3.8, 4) is 0 Å². The SMILES string of the molecule is CC(C)NCc1sccc1CNC(=O)OC(C)(C)C. The molecular formula is C14H24N2O2S. The molecule has 1 aromatic rings. The molecule has 1 amide bonds. The molecule has 0 atom stereocenters. The third-order valence-corrected chi connectivity index (χ3v) is 3.29. The molecule has 2 N–H and O–H groups in total. The van der Waals surface area contributed by atoms with E-state index in [9.17, 15) is 4.79 Å². The minimum Gasteiger partial charge on any atom is -0.444 e. The summed E-state index contributed by atoms with van der Waals surface area (Å²) in [4.78, 5) is 12.8. The molecule has 0 saturated heterocycles. The first-order valence-corrected chi connectivity index (χ1v) is 7.41. The standard InChI is InChI=1S/C14H24N2O2S/c1-10(2)15-9-12-11(6-7-19-12)8-16-13(17)18-14(3,4)5/h6-7,10,15H,8-9H2,1-5H3,(H,16,17). The molecule has 0 radical (unpaired) electrons. The predicted molar refractivity (Wildman–Crippen MR) is 79.4 cm³/mol. The van der Waals surface area contributed by atoms with E-state index in [2.05, 4.69) is 24.5 Å². The smallest absolute Gasteiger partial charge is 0.407 e. The van der Waals surface area contributed by atoms with Crippen LogP contribution in [-0.4, -0.2) is 17.7 Å². The molecule has 0 spiro atoms. The van der Waals surface area contributed by atoms with Gasteiger partial charge in [-0.15, -0.1) is 11.3 Å². The highest BCUT2D eigenvalue weighted by atomic mass is 32.1. The third kappa shape index (κ3) is 6.59. The Kier molecular flexibility index (Phi) is 5.82. The number of hydrogen-bond acceptors (Lipinski definition) is 4. The van der Waals surface area contributed by atoms with Crippen LogP contribution in [0.15, 0.2) is 11.4 Å². The van der Waals surface area contributed by atoms with Crippen molar-refractivity contribution >= 4 is 17.4 Å². The van der Waals surface area contributed by atoms with Gasteiger partial charge >= 0.3 is 6.09 Å². The van der Waals surface area contributed by atoms with Crippen LogP contribution in [0.25, 0.3) is 0 Å². The molecule has 4 nitrogen and oxygen atoms in total. The highest BCUT2D eigenvalue weighted by Gasteiger charge is 2.16. The first-order chi connectivity index (χ1) is 8.78. The van der Waals surface area contributed by atoms with Crippen LogP contribution in [0.2, 0.25) is 0 Å². The second-order valence-electron chi connectivity index (χ2n) is 5.76. The molecule has 1 heterocycles. The normalized spacial score (nSPS) is 11.7. The van der Waals surface area contributed by atoms with E-state index in [1.807, 2.05) is 32.2 Å². The molecule has 1 rings (SSSR count). The van der Waals surface area contributed by atoms with Crippen molar-refractivity contribution in [3.05, 3.63) is 21.9 Å². The quantitative estimate of drug-likeness (QED) is 0.872. The second-order valence-corrected chi connectivity index (χ2v) is 6.76. The van der Waals surface area contributed by atoms with Gasteiger partial charge in [-0.2, -0.15) is 0 Å². The Bertz CT molecular complexity index is 408. The fourth-order valence-electron chi connectivity index (χ4n) is 1.46. The van der Waals surface area contributed by atoms with E-state index in [0.29, 0.717) is 12.6 Å². The van der Waals surface area contributed by atoms with Crippen molar-refractivity contribution in [2.75, 3.05) is 0 Å². The monoisotopic (exact) mass is 284 g/mol. The maximum absolute atomic E-state index is 11.6. The number of amides is 1. The van der Waals surface area contributed by atoms with Gasteiger partial charge in [-0.1, -0.05) is 13.8 Å². The van der Waals surface area contributed by atoms with Gasteiger partial charge in [0.2, 0.25) is 0 Å². The lowest BCUT2D eigenvalue weighted by molar-refractivity contribution is 0.0523. The number of ether oxygens (including phenoxy) is 1. The number of alkyl carbamates (subject to hydrolysis) is 1. The van der Waals surface area contributed by atoms with Gasteiger partial charge in [0.05, 0.1) is 0 Å². The summed E-state index contributed by atoms with van der Waals surface area (Å²) in [6.07, 6.45) is -0.374. The zero-order chi connectivity index (χ0) is 14.5. The number of hydrogen-bond donors (Lipinski definition) is 2. The minimum atomic E-state index is -0.458. The van der Waals surface area contributed by atoms with E-state index in [1.165, 1.54) is 4.88 Å². The van der Waals surface area contributed by atoms with Crippen molar-refractivity contribution in [1.29, 1.82) is 0 Å². The molecule has 0 fully saturated rings. The average molecular weight is 284 g/mol. The summed E-state index contributed by atoms with van der Waals surface area (Å²) in [5.74, 6) is 0. The van der Waals surface area contributed by atoms with Gasteiger partial charge in [0.1, 0.15) is 5.60 Å². The summed E-state index contributed by atoms with van der Waals surface area (Å²) in [6.45, 7) is 11.1. The van der Waals surface area contributed by atoms with E-state index in [0.717, 1.165) is 12.1 Å². The van der Waals surface area contributed by atoms with Gasteiger partial charge in [-0.3, -0.25) is 0 Å². The van der Waals surface area contributed by atoms with Crippen molar-refractivity contribution in [3.63, 3.8) is 0 Å². The zero-order valence-electron chi connectivity index (χ0n) is 12.4. The van der Waals surface area contributed by atoms with Gasteiger partial charge in [-0.25, -0.2) is 4.79 Å². The van der Waals surface area contributed by atoms with Crippen LogP contribution in [0, 0.1) is 0 Å². The first kappa shape index (κ1) is 16.0. The summed E-state index contributed by atoms with van der Waals surface area (Å²) >= 11 is 1.70. The summed E-state index contributed by atoms with van der Waals surface area (Å²) in [5.41, 5.74) is 0.685. The Morgan fingerprint density at radius 3 is 2.63 bits per heavy atom. The molecule has 5 heteroatoms. The van der Waals surface area contributed by atoms with Crippen LogP contribution in [0.3, 0.4) is 0 Å². The van der Waals surface area contributed by atoms with E-state index >= 15 is 0 Å². The molecule has 1 aromatic heterocycles. The largest absolute Gasteiger partial charge is 0.444 e. The molecule has 19 heavy (non-hydrogen) atoms. The molecule has 0 saturated carbocycles. The minimum absolute atomic E-state index is 0.374. The van der Waals surface area contributed by atoms with Gasteiger partial charge in [0.25, 0.3) is 0 Å². The summed E-state index contributed by atoms with van der Waals surface area (Å²) < 4.78 is 5.21. The van der Waals surface area contributed by atoms with Crippen molar-refractivity contribution in [2.45, 2.75) is 59.4 Å². The Hall–Kier alpha value is -1.07. The molecule has 0 unspecified atom stereocenters. The zero-order valence-corrected chi connectivity index (χ0v) is 13.2. The van der Waals surface area contributed by atoms with Crippen molar-refractivity contribution in [2.24, 2.45) is 0 Å². The van der Waals surface area contributed by atoms with Gasteiger partial charge in [0, 0.05) is 24.0 Å². The fraction of sp³-hybridized carbons (Fsp3) is 0.643. The first-order valence-electron chi connectivity index (χ1n) is 6.53. The molecule has 0 aliphatic carbocycles. The molecule has 108 valence electrons. The van der Waals surface area contributed by atoms with Crippen LogP contribution >= 0.6 is 11.3 Å². The number of nitrogens with one attached hydrogen (secondary N) is 2. The number of thiophene rings is 1. The van der Waals surface area contributed by atoms with Crippen LogP contribution in [0.5, 0.6) is 0 Å². The van der Waals surface area contributed by atoms with E-state index in [4.69, 9.17) is 4.74 Å². The molecule has 0 bridgehead atoms. The van der Waals surface area contributed by atoms with Gasteiger partial charge in [-0.05, 0) is 37.8 Å². The summed E-state index contributed by atoms with van der Waals surface area (Å²) in [5, 5.41) is 8.21. The average Bonchev–Trinajstić information content (AvgIpc) is 2.68. The Labute approximate surface area is 119 Å². The Morgan fingerprint density at radius 1 is 1.37 bits per heavy atom.